The molecule has 0 aliphatic rings. The first kappa shape index (κ1) is 12.4. The predicted octanol–water partition coefficient (Wildman–Crippen LogP) is 1.95. The fraction of sp³-hybridized carbons (Fsp3) is 0.700. The molecule has 0 aliphatic heterocycles. The van der Waals surface area contributed by atoms with Crippen LogP contribution in [0.25, 0.3) is 0 Å². The number of carbonyl (C=O) groups is 1. The molecular weight excluding hydrogens is 178 g/mol. The fourth-order valence-electron chi connectivity index (χ4n) is 1.03. The smallest absolute Gasteiger partial charge is 0.246 e. The van der Waals surface area contributed by atoms with Gasteiger partial charge in [0.2, 0.25) is 5.91 Å². The quantitative estimate of drug-likeness (QED) is 0.395. The molecule has 0 saturated heterocycles. The highest BCUT2D eigenvalue weighted by molar-refractivity contribution is 6.55. The van der Waals surface area contributed by atoms with E-state index in [-0.39, 0.29) is 14.7 Å². The van der Waals surface area contributed by atoms with Gasteiger partial charge < -0.3 is 5.32 Å². The molecule has 0 atom stereocenters. The highest BCUT2D eigenvalue weighted by Crippen LogP contribution is 2.00. The van der Waals surface area contributed by atoms with Gasteiger partial charge in [0.15, 0.2) is 0 Å². The minimum atomic E-state index is -0.388. The van der Waals surface area contributed by atoms with E-state index in [0.29, 0.717) is 5.57 Å². The third-order valence-corrected chi connectivity index (χ3v) is 3.44. The Balaban J connectivity index is 3.26. The number of carbonyl (C=O) groups excluding carboxylic acids is 1. The molecule has 0 aromatic carbocycles. The van der Waals surface area contributed by atoms with E-state index in [9.17, 15) is 4.79 Å². The lowest BCUT2D eigenvalue weighted by Gasteiger charge is -2.05. The molecule has 3 heteroatoms. The lowest BCUT2D eigenvalue weighted by Crippen LogP contribution is -2.24. The Morgan fingerprint density at radius 3 is 2.46 bits per heavy atom. The zero-order valence-electron chi connectivity index (χ0n) is 9.02. The second-order valence-electron chi connectivity index (χ2n) is 3.93. The Hall–Kier alpha value is -0.573. The van der Waals surface area contributed by atoms with Gasteiger partial charge >= 0.3 is 0 Å². The van der Waals surface area contributed by atoms with Gasteiger partial charge in [-0.25, -0.2) is 0 Å². The van der Waals surface area contributed by atoms with Gasteiger partial charge in [-0.2, -0.15) is 0 Å². The highest BCUT2D eigenvalue weighted by atomic mass is 28.3. The lowest BCUT2D eigenvalue weighted by atomic mass is 10.3. The second kappa shape index (κ2) is 6.89. The SMILES string of the molecule is C=C(C)C(=O)NCCCC[SiH](C)C. The van der Waals surface area contributed by atoms with E-state index in [2.05, 4.69) is 25.0 Å². The monoisotopic (exact) mass is 199 g/mol. The number of hydrogen-bond acceptors (Lipinski definition) is 1. The number of nitrogens with one attached hydrogen (secondary N) is 1. The van der Waals surface area contributed by atoms with Crippen LogP contribution in [0.3, 0.4) is 0 Å². The summed E-state index contributed by atoms with van der Waals surface area (Å²) >= 11 is 0. The van der Waals surface area contributed by atoms with Crippen molar-refractivity contribution in [1.29, 1.82) is 0 Å². The average molecular weight is 199 g/mol. The van der Waals surface area contributed by atoms with Gasteiger partial charge in [0.1, 0.15) is 0 Å². The third-order valence-electron chi connectivity index (χ3n) is 1.88. The van der Waals surface area contributed by atoms with Crippen molar-refractivity contribution in [1.82, 2.24) is 5.32 Å². The van der Waals surface area contributed by atoms with Crippen molar-refractivity contribution in [3.8, 4) is 0 Å². The molecule has 0 aliphatic carbocycles. The Morgan fingerprint density at radius 2 is 2.00 bits per heavy atom. The molecule has 0 bridgehead atoms. The summed E-state index contributed by atoms with van der Waals surface area (Å²) < 4.78 is 0. The predicted molar refractivity (Wildman–Crippen MR) is 60.7 cm³/mol. The maximum absolute atomic E-state index is 11.0. The van der Waals surface area contributed by atoms with Crippen LogP contribution in [0.5, 0.6) is 0 Å². The lowest BCUT2D eigenvalue weighted by molar-refractivity contribution is -0.117. The molecule has 76 valence electrons. The Bertz CT molecular complexity index is 178. The first-order valence-electron chi connectivity index (χ1n) is 4.97. The molecule has 1 amide bonds. The van der Waals surface area contributed by atoms with Crippen LogP contribution in [0.15, 0.2) is 12.2 Å². The largest absolute Gasteiger partial charge is 0.352 e. The van der Waals surface area contributed by atoms with E-state index in [0.717, 1.165) is 13.0 Å². The number of hydrogen-bond donors (Lipinski definition) is 1. The zero-order chi connectivity index (χ0) is 10.3. The number of rotatable bonds is 6. The highest BCUT2D eigenvalue weighted by Gasteiger charge is 2.00. The fourth-order valence-corrected chi connectivity index (χ4v) is 2.14. The van der Waals surface area contributed by atoms with Crippen molar-refractivity contribution in [3.05, 3.63) is 12.2 Å². The van der Waals surface area contributed by atoms with Crippen LogP contribution in [0.1, 0.15) is 19.8 Å². The van der Waals surface area contributed by atoms with Crippen LogP contribution >= 0.6 is 0 Å². The summed E-state index contributed by atoms with van der Waals surface area (Å²) in [6, 6.07) is 1.38. The maximum Gasteiger partial charge on any atom is 0.246 e. The summed E-state index contributed by atoms with van der Waals surface area (Å²) in [6.45, 7) is 10.8. The standard InChI is InChI=1S/C10H21NOSi/c1-9(2)10(12)11-7-5-6-8-13(3)4/h13H,1,5-8H2,2-4H3,(H,11,12). The summed E-state index contributed by atoms with van der Waals surface area (Å²) in [5.74, 6) is -0.0122. The van der Waals surface area contributed by atoms with E-state index >= 15 is 0 Å². The summed E-state index contributed by atoms with van der Waals surface area (Å²) in [5.41, 5.74) is 0.596. The molecule has 0 unspecified atom stereocenters. The first-order chi connectivity index (χ1) is 6.04. The van der Waals surface area contributed by atoms with Crippen LogP contribution in [0.4, 0.5) is 0 Å². The Labute approximate surface area is 83.0 Å². The normalized spacial score (nSPS) is 10.2. The van der Waals surface area contributed by atoms with Crippen molar-refractivity contribution in [2.45, 2.75) is 38.9 Å². The van der Waals surface area contributed by atoms with E-state index in [1.54, 1.807) is 6.92 Å². The van der Waals surface area contributed by atoms with Gasteiger partial charge in [-0.05, 0) is 13.3 Å². The molecule has 0 saturated carbocycles. The average Bonchev–Trinajstić information content (AvgIpc) is 2.02. The molecule has 0 radical (unpaired) electrons. The Morgan fingerprint density at radius 1 is 1.38 bits per heavy atom. The molecule has 0 aromatic heterocycles. The molecule has 0 aromatic rings. The zero-order valence-corrected chi connectivity index (χ0v) is 10.2. The van der Waals surface area contributed by atoms with Gasteiger partial charge in [-0.1, -0.05) is 32.1 Å². The summed E-state index contributed by atoms with van der Waals surface area (Å²) in [7, 11) is -0.388. The maximum atomic E-state index is 11.0. The molecule has 0 spiro atoms. The molecular formula is C10H21NOSi. The van der Waals surface area contributed by atoms with Crippen molar-refractivity contribution in [3.63, 3.8) is 0 Å². The van der Waals surface area contributed by atoms with Crippen LogP contribution in [0.2, 0.25) is 19.1 Å². The molecule has 0 heterocycles. The van der Waals surface area contributed by atoms with Crippen LogP contribution in [-0.4, -0.2) is 21.2 Å². The van der Waals surface area contributed by atoms with E-state index in [1.165, 1.54) is 12.5 Å². The summed E-state index contributed by atoms with van der Waals surface area (Å²) in [6.07, 6.45) is 2.35. The summed E-state index contributed by atoms with van der Waals surface area (Å²) in [4.78, 5) is 11.0. The third kappa shape index (κ3) is 7.78. The van der Waals surface area contributed by atoms with Gasteiger partial charge in [0, 0.05) is 20.9 Å². The molecule has 0 fully saturated rings. The minimum Gasteiger partial charge on any atom is -0.352 e. The van der Waals surface area contributed by atoms with Crippen molar-refractivity contribution in [2.75, 3.05) is 6.54 Å². The molecule has 0 rings (SSSR count). The van der Waals surface area contributed by atoms with Crippen molar-refractivity contribution in [2.24, 2.45) is 0 Å². The van der Waals surface area contributed by atoms with Crippen molar-refractivity contribution < 1.29 is 4.79 Å². The van der Waals surface area contributed by atoms with E-state index < -0.39 is 0 Å². The van der Waals surface area contributed by atoms with Crippen LogP contribution < -0.4 is 5.32 Å². The first-order valence-corrected chi connectivity index (χ1v) is 8.10. The minimum absolute atomic E-state index is 0.0122. The summed E-state index contributed by atoms with van der Waals surface area (Å²) in [5, 5.41) is 2.83. The molecule has 1 N–H and O–H groups in total. The Kier molecular flexibility index (Phi) is 6.59. The van der Waals surface area contributed by atoms with Gasteiger partial charge in [0.05, 0.1) is 0 Å². The van der Waals surface area contributed by atoms with Gasteiger partial charge in [-0.15, -0.1) is 0 Å². The van der Waals surface area contributed by atoms with E-state index in [4.69, 9.17) is 0 Å². The molecule has 13 heavy (non-hydrogen) atoms. The van der Waals surface area contributed by atoms with E-state index in [1.807, 2.05) is 0 Å². The van der Waals surface area contributed by atoms with Crippen molar-refractivity contribution >= 4 is 14.7 Å². The van der Waals surface area contributed by atoms with Gasteiger partial charge in [-0.3, -0.25) is 4.79 Å². The van der Waals surface area contributed by atoms with Crippen LogP contribution in [0, 0.1) is 0 Å². The van der Waals surface area contributed by atoms with Gasteiger partial charge in [0.25, 0.3) is 0 Å². The second-order valence-corrected chi connectivity index (χ2v) is 7.29. The number of unbranched alkanes of at least 4 members (excludes halogenated alkanes) is 1. The molecule has 2 nitrogen and oxygen atoms in total. The number of amides is 1. The topological polar surface area (TPSA) is 29.1 Å². The van der Waals surface area contributed by atoms with Crippen LogP contribution in [-0.2, 0) is 4.79 Å².